The summed E-state index contributed by atoms with van der Waals surface area (Å²) < 4.78 is -2.36. The second-order valence-corrected chi connectivity index (χ2v) is 14.4. The third-order valence-corrected chi connectivity index (χ3v) is 10.6. The van der Waals surface area contributed by atoms with Crippen LogP contribution in [0.4, 0.5) is 0 Å². The van der Waals surface area contributed by atoms with E-state index in [-0.39, 0.29) is 0 Å². The van der Waals surface area contributed by atoms with Gasteiger partial charge in [0, 0.05) is 11.5 Å². The molecule has 0 aliphatic carbocycles. The molecule has 2 aromatic rings. The molecule has 19 heavy (non-hydrogen) atoms. The number of rotatable bonds is 6. The Morgan fingerprint density at radius 2 is 1.16 bits per heavy atom. The summed E-state index contributed by atoms with van der Waals surface area (Å²) >= 11 is 8.33. The van der Waals surface area contributed by atoms with Gasteiger partial charge in [-0.25, -0.2) is 0 Å². The fourth-order valence-electron chi connectivity index (χ4n) is 1.50. The summed E-state index contributed by atoms with van der Waals surface area (Å²) in [7, 11) is 0. The maximum atomic E-state index is 10.3. The quantitative estimate of drug-likeness (QED) is 0.747. The highest BCUT2D eigenvalue weighted by Crippen LogP contribution is 2.67. The van der Waals surface area contributed by atoms with Crippen molar-refractivity contribution in [1.29, 1.82) is 0 Å². The van der Waals surface area contributed by atoms with E-state index < -0.39 is 4.67 Å². The molecule has 0 heterocycles. The average molecular weight is 326 g/mol. The average Bonchev–Trinajstić information content (AvgIpc) is 2.46. The maximum Gasteiger partial charge on any atom is 0.172 e. The Morgan fingerprint density at radius 1 is 0.789 bits per heavy atom. The Balaban J connectivity index is 1.84. The molecular weight excluding hydrogens is 311 g/mol. The van der Waals surface area contributed by atoms with Crippen LogP contribution in [0, 0.1) is 0 Å². The van der Waals surface area contributed by atoms with Crippen LogP contribution in [0.5, 0.6) is 0 Å². The van der Waals surface area contributed by atoms with Crippen molar-refractivity contribution in [1.82, 2.24) is 0 Å². The lowest BCUT2D eigenvalue weighted by molar-refractivity contribution is 0.654. The minimum absolute atomic E-state index is 0.774. The van der Waals surface area contributed by atoms with Crippen LogP contribution in [-0.2, 0) is 23.3 Å². The molecule has 0 spiro atoms. The zero-order chi connectivity index (χ0) is 13.6. The zero-order valence-corrected chi connectivity index (χ0v) is 13.7. The van der Waals surface area contributed by atoms with Crippen LogP contribution in [0.25, 0.3) is 0 Å². The predicted octanol–water partition coefficient (Wildman–Crippen LogP) is 5.07. The van der Waals surface area contributed by atoms with E-state index in [1.165, 1.54) is 33.9 Å². The lowest BCUT2D eigenvalue weighted by Crippen LogP contribution is -1.80. The molecule has 1 N–H and O–H groups in total. The van der Waals surface area contributed by atoms with Gasteiger partial charge in [-0.1, -0.05) is 83.4 Å². The van der Waals surface area contributed by atoms with Crippen molar-refractivity contribution in [3.8, 4) is 0 Å². The van der Waals surface area contributed by atoms with Crippen molar-refractivity contribution in [2.75, 3.05) is 0 Å². The summed E-state index contributed by atoms with van der Waals surface area (Å²) in [6.45, 7) is 0. The van der Waals surface area contributed by atoms with Gasteiger partial charge in [0.2, 0.25) is 0 Å². The van der Waals surface area contributed by atoms with Crippen LogP contribution >= 0.6 is 27.4 Å². The van der Waals surface area contributed by atoms with Crippen molar-refractivity contribution in [2.45, 2.75) is 11.5 Å². The lowest BCUT2D eigenvalue weighted by atomic mass is 10.2. The van der Waals surface area contributed by atoms with Crippen LogP contribution in [0.3, 0.4) is 0 Å². The molecular formula is C14H15OPS3. The molecule has 1 nitrogen and oxygen atoms in total. The van der Waals surface area contributed by atoms with E-state index in [4.69, 9.17) is 11.8 Å². The van der Waals surface area contributed by atoms with E-state index >= 15 is 0 Å². The Bertz CT molecular complexity index is 498. The summed E-state index contributed by atoms with van der Waals surface area (Å²) in [6, 6.07) is 20.3. The summed E-state index contributed by atoms with van der Waals surface area (Å²) in [4.78, 5) is 10.3. The van der Waals surface area contributed by atoms with E-state index in [0.717, 1.165) is 11.5 Å². The molecule has 2 aromatic carbocycles. The van der Waals surface area contributed by atoms with Gasteiger partial charge >= 0.3 is 0 Å². The SMILES string of the molecule is OP(=S)(SCc1ccccc1)SCc1ccccc1. The lowest BCUT2D eigenvalue weighted by Gasteiger charge is -2.13. The molecule has 0 atom stereocenters. The van der Waals surface area contributed by atoms with E-state index in [9.17, 15) is 4.89 Å². The summed E-state index contributed by atoms with van der Waals surface area (Å²) in [5.41, 5.74) is 2.41. The van der Waals surface area contributed by atoms with E-state index in [1.54, 1.807) is 0 Å². The van der Waals surface area contributed by atoms with Gasteiger partial charge in [-0.05, 0) is 22.9 Å². The third kappa shape index (κ3) is 5.72. The monoisotopic (exact) mass is 326 g/mol. The maximum absolute atomic E-state index is 10.3. The molecule has 100 valence electrons. The van der Waals surface area contributed by atoms with Gasteiger partial charge in [0.25, 0.3) is 0 Å². The van der Waals surface area contributed by atoms with Gasteiger partial charge < -0.3 is 4.89 Å². The molecule has 0 aliphatic heterocycles. The van der Waals surface area contributed by atoms with Crippen LogP contribution in [0.1, 0.15) is 11.1 Å². The summed E-state index contributed by atoms with van der Waals surface area (Å²) in [5, 5.41) is 0. The molecule has 0 bridgehead atoms. The molecule has 0 saturated carbocycles. The summed E-state index contributed by atoms with van der Waals surface area (Å²) in [6.07, 6.45) is 0. The van der Waals surface area contributed by atoms with E-state index in [2.05, 4.69) is 24.3 Å². The van der Waals surface area contributed by atoms with Gasteiger partial charge in [0.15, 0.2) is 4.67 Å². The zero-order valence-electron chi connectivity index (χ0n) is 10.3. The van der Waals surface area contributed by atoms with Crippen molar-refractivity contribution in [2.24, 2.45) is 0 Å². The molecule has 0 amide bonds. The molecule has 0 unspecified atom stereocenters. The first-order chi connectivity index (χ1) is 9.16. The standard InChI is InChI=1S/C14H15OPS3/c15-16(17,18-11-13-7-3-1-4-8-13)19-12-14-9-5-2-6-10-14/h1-10H,11-12H2,(H,15,17). The van der Waals surface area contributed by atoms with Gasteiger partial charge in [0.1, 0.15) is 0 Å². The van der Waals surface area contributed by atoms with Crippen molar-refractivity contribution in [3.63, 3.8) is 0 Å². The van der Waals surface area contributed by atoms with Crippen LogP contribution in [0.15, 0.2) is 60.7 Å². The molecule has 0 saturated heterocycles. The van der Waals surface area contributed by atoms with E-state index in [1.807, 2.05) is 36.4 Å². The molecule has 2 rings (SSSR count). The van der Waals surface area contributed by atoms with Crippen molar-refractivity contribution >= 4 is 39.2 Å². The highest BCUT2D eigenvalue weighted by atomic mass is 33.2. The molecule has 0 aromatic heterocycles. The topological polar surface area (TPSA) is 20.2 Å². The minimum Gasteiger partial charge on any atom is -0.350 e. The highest BCUT2D eigenvalue weighted by molar-refractivity contribution is 8.98. The first kappa shape index (κ1) is 15.1. The minimum atomic E-state index is -2.36. The Morgan fingerprint density at radius 3 is 1.53 bits per heavy atom. The fraction of sp³-hybridized carbons (Fsp3) is 0.143. The summed E-state index contributed by atoms with van der Waals surface area (Å²) in [5.74, 6) is 1.55. The van der Waals surface area contributed by atoms with Crippen LogP contribution in [-0.4, -0.2) is 4.89 Å². The second kappa shape index (κ2) is 7.51. The molecule has 0 fully saturated rings. The Hall–Kier alpha value is -0.250. The van der Waals surface area contributed by atoms with Crippen molar-refractivity contribution in [3.05, 3.63) is 71.8 Å². The Labute approximate surface area is 127 Å². The first-order valence-electron chi connectivity index (χ1n) is 5.85. The predicted molar refractivity (Wildman–Crippen MR) is 92.0 cm³/mol. The highest BCUT2D eigenvalue weighted by Gasteiger charge is 2.14. The van der Waals surface area contributed by atoms with Gasteiger partial charge in [-0.15, -0.1) is 0 Å². The molecule has 0 radical (unpaired) electrons. The molecule has 5 heteroatoms. The largest absolute Gasteiger partial charge is 0.350 e. The van der Waals surface area contributed by atoms with Gasteiger partial charge in [-0.2, -0.15) is 0 Å². The smallest absolute Gasteiger partial charge is 0.172 e. The van der Waals surface area contributed by atoms with Crippen LogP contribution in [0.2, 0.25) is 0 Å². The van der Waals surface area contributed by atoms with Crippen molar-refractivity contribution < 1.29 is 4.89 Å². The normalized spacial score (nSPS) is 11.4. The second-order valence-electron chi connectivity index (χ2n) is 3.99. The van der Waals surface area contributed by atoms with Crippen LogP contribution < -0.4 is 0 Å². The van der Waals surface area contributed by atoms with E-state index in [0.29, 0.717) is 0 Å². The third-order valence-electron chi connectivity index (χ3n) is 2.47. The Kier molecular flexibility index (Phi) is 5.99. The molecule has 0 aliphatic rings. The number of benzene rings is 2. The number of hydrogen-bond donors (Lipinski definition) is 1. The van der Waals surface area contributed by atoms with Gasteiger partial charge in [-0.3, -0.25) is 0 Å². The first-order valence-corrected chi connectivity index (χ1v) is 11.8. The number of hydrogen-bond acceptors (Lipinski definition) is 3. The fourth-order valence-corrected chi connectivity index (χ4v) is 7.25. The van der Waals surface area contributed by atoms with Gasteiger partial charge in [0.05, 0.1) is 0 Å².